The molecule has 1 atom stereocenters. The van der Waals surface area contributed by atoms with Crippen molar-refractivity contribution in [2.45, 2.75) is 19.4 Å². The molecule has 2 aromatic rings. The Bertz CT molecular complexity index is 666. The molecule has 1 aliphatic rings. The Morgan fingerprint density at radius 2 is 2.00 bits per heavy atom. The van der Waals surface area contributed by atoms with Crippen LogP contribution in [0.5, 0.6) is 0 Å². The summed E-state index contributed by atoms with van der Waals surface area (Å²) in [4.78, 5) is 14.6. The lowest BCUT2D eigenvalue weighted by atomic mass is 9.97. The minimum absolute atomic E-state index is 0.0834. The third kappa shape index (κ3) is 2.83. The largest absolute Gasteiger partial charge is 0.337 e. The molecule has 0 spiro atoms. The summed E-state index contributed by atoms with van der Waals surface area (Å²) in [5.41, 5.74) is 9.95. The number of likely N-dealkylation sites (tertiary alicyclic amines) is 1. The van der Waals surface area contributed by atoms with Gasteiger partial charge in [0.2, 0.25) is 0 Å². The lowest BCUT2D eigenvalue weighted by molar-refractivity contribution is 0.0791. The predicted octanol–water partition coefficient (Wildman–Crippen LogP) is 2.84. The normalized spacial score (nSPS) is 18.0. The molecule has 1 aliphatic heterocycles. The molecule has 0 bridgehead atoms. The van der Waals surface area contributed by atoms with Gasteiger partial charge in [0.15, 0.2) is 0 Å². The Morgan fingerprint density at radius 1 is 1.19 bits per heavy atom. The molecule has 0 aliphatic carbocycles. The van der Waals surface area contributed by atoms with Gasteiger partial charge in [0.1, 0.15) is 0 Å². The lowest BCUT2D eigenvalue weighted by Crippen LogP contribution is -2.32. The van der Waals surface area contributed by atoms with Crippen molar-refractivity contribution in [1.82, 2.24) is 4.90 Å². The van der Waals surface area contributed by atoms with Crippen molar-refractivity contribution in [3.63, 3.8) is 0 Å². The fraction of sp³-hybridized carbons (Fsp3) is 0.278. The number of nitrogens with two attached hydrogens (primary N) is 1. The minimum Gasteiger partial charge on any atom is -0.337 e. The van der Waals surface area contributed by atoms with Gasteiger partial charge in [-0.15, -0.1) is 0 Å². The zero-order valence-electron chi connectivity index (χ0n) is 12.3. The van der Waals surface area contributed by atoms with Crippen LogP contribution in [0.2, 0.25) is 0 Å². The van der Waals surface area contributed by atoms with E-state index in [1.807, 2.05) is 35.2 Å². The average Bonchev–Trinajstić information content (AvgIpc) is 2.93. The number of benzene rings is 2. The summed E-state index contributed by atoms with van der Waals surface area (Å²) in [5.74, 6) is 0.0834. The Kier molecular flexibility index (Phi) is 3.76. The molecule has 1 heterocycles. The van der Waals surface area contributed by atoms with Crippen molar-refractivity contribution in [3.05, 3.63) is 59.7 Å². The molecule has 2 N–H and O–H groups in total. The second-order valence-electron chi connectivity index (χ2n) is 5.71. The van der Waals surface area contributed by atoms with Crippen molar-refractivity contribution in [2.75, 3.05) is 13.1 Å². The molecule has 1 amide bonds. The van der Waals surface area contributed by atoms with Gasteiger partial charge < -0.3 is 10.6 Å². The van der Waals surface area contributed by atoms with Crippen molar-refractivity contribution in [2.24, 2.45) is 5.73 Å². The van der Waals surface area contributed by atoms with E-state index >= 15 is 0 Å². The number of rotatable bonds is 2. The summed E-state index contributed by atoms with van der Waals surface area (Å²) < 4.78 is 0. The number of amides is 1. The van der Waals surface area contributed by atoms with E-state index in [1.54, 1.807) is 0 Å². The maximum atomic E-state index is 12.7. The van der Waals surface area contributed by atoms with Gasteiger partial charge in [0.25, 0.3) is 5.91 Å². The summed E-state index contributed by atoms with van der Waals surface area (Å²) in [6, 6.07) is 16.2. The average molecular weight is 280 g/mol. The van der Waals surface area contributed by atoms with Crippen LogP contribution >= 0.6 is 0 Å². The highest BCUT2D eigenvalue weighted by Crippen LogP contribution is 2.26. The first-order valence-electron chi connectivity index (χ1n) is 7.36. The molecule has 21 heavy (non-hydrogen) atoms. The third-order valence-electron chi connectivity index (χ3n) is 4.00. The second-order valence-corrected chi connectivity index (χ2v) is 5.71. The van der Waals surface area contributed by atoms with E-state index in [-0.39, 0.29) is 11.9 Å². The molecule has 3 nitrogen and oxygen atoms in total. The smallest absolute Gasteiger partial charge is 0.254 e. The van der Waals surface area contributed by atoms with E-state index in [4.69, 9.17) is 5.73 Å². The van der Waals surface area contributed by atoms with Crippen molar-refractivity contribution < 1.29 is 4.79 Å². The van der Waals surface area contributed by atoms with Gasteiger partial charge in [-0.25, -0.2) is 0 Å². The summed E-state index contributed by atoms with van der Waals surface area (Å²) >= 11 is 0. The summed E-state index contributed by atoms with van der Waals surface area (Å²) in [5, 5.41) is 0. The minimum atomic E-state index is 0.0834. The fourth-order valence-corrected chi connectivity index (χ4v) is 2.88. The number of hydrogen-bond acceptors (Lipinski definition) is 2. The topological polar surface area (TPSA) is 46.3 Å². The zero-order chi connectivity index (χ0) is 14.8. The second kappa shape index (κ2) is 5.70. The van der Waals surface area contributed by atoms with Crippen LogP contribution in [0.4, 0.5) is 0 Å². The maximum Gasteiger partial charge on any atom is 0.254 e. The van der Waals surface area contributed by atoms with Crippen LogP contribution in [-0.2, 0) is 0 Å². The Labute approximate surface area is 125 Å². The first-order chi connectivity index (χ1) is 10.1. The summed E-state index contributed by atoms with van der Waals surface area (Å²) in [6.07, 6.45) is 0.887. The Hall–Kier alpha value is -2.13. The van der Waals surface area contributed by atoms with Gasteiger partial charge in [-0.1, -0.05) is 48.0 Å². The van der Waals surface area contributed by atoms with Gasteiger partial charge in [0.05, 0.1) is 0 Å². The number of nitrogens with zero attached hydrogens (tertiary/aromatic N) is 1. The van der Waals surface area contributed by atoms with E-state index in [1.165, 1.54) is 5.56 Å². The number of carbonyl (C=O) groups excluding carboxylic acids is 1. The number of aryl methyl sites for hydroxylation is 1. The van der Waals surface area contributed by atoms with Crippen LogP contribution < -0.4 is 5.73 Å². The quantitative estimate of drug-likeness (QED) is 0.919. The third-order valence-corrected chi connectivity index (χ3v) is 4.00. The highest BCUT2D eigenvalue weighted by molar-refractivity contribution is 6.01. The molecular formula is C18H20N2O. The van der Waals surface area contributed by atoms with E-state index in [2.05, 4.69) is 25.1 Å². The van der Waals surface area contributed by atoms with Gasteiger partial charge in [-0.3, -0.25) is 4.79 Å². The van der Waals surface area contributed by atoms with Crippen LogP contribution in [-0.4, -0.2) is 29.9 Å². The first-order valence-corrected chi connectivity index (χ1v) is 7.36. The summed E-state index contributed by atoms with van der Waals surface area (Å²) in [6.45, 7) is 3.47. The Balaban J connectivity index is 1.98. The predicted molar refractivity (Wildman–Crippen MR) is 85.1 cm³/mol. The van der Waals surface area contributed by atoms with Crippen LogP contribution in [0.15, 0.2) is 48.5 Å². The molecule has 0 aromatic heterocycles. The van der Waals surface area contributed by atoms with Crippen LogP contribution in [0.1, 0.15) is 22.3 Å². The van der Waals surface area contributed by atoms with Gasteiger partial charge >= 0.3 is 0 Å². The molecule has 1 saturated heterocycles. The Morgan fingerprint density at radius 3 is 2.71 bits per heavy atom. The van der Waals surface area contributed by atoms with Gasteiger partial charge in [0, 0.05) is 24.7 Å². The van der Waals surface area contributed by atoms with Crippen molar-refractivity contribution in [3.8, 4) is 11.1 Å². The van der Waals surface area contributed by atoms with Crippen LogP contribution in [0.25, 0.3) is 11.1 Å². The van der Waals surface area contributed by atoms with Crippen LogP contribution in [0, 0.1) is 6.92 Å². The molecule has 0 saturated carbocycles. The van der Waals surface area contributed by atoms with E-state index in [0.717, 1.165) is 29.7 Å². The molecule has 1 unspecified atom stereocenters. The standard InChI is InChI=1S/C18H20N2O/c1-13-5-4-6-14(11-13)16-7-2-3-8-17(16)18(21)20-10-9-15(19)12-20/h2-8,11,15H,9-10,12,19H2,1H3. The van der Waals surface area contributed by atoms with Crippen molar-refractivity contribution >= 4 is 5.91 Å². The monoisotopic (exact) mass is 280 g/mol. The SMILES string of the molecule is Cc1cccc(-c2ccccc2C(=O)N2CCC(N)C2)c1. The molecule has 108 valence electrons. The molecular weight excluding hydrogens is 260 g/mol. The molecule has 2 aromatic carbocycles. The highest BCUT2D eigenvalue weighted by atomic mass is 16.2. The first kappa shape index (κ1) is 13.8. The number of hydrogen-bond donors (Lipinski definition) is 1. The molecule has 3 rings (SSSR count). The van der Waals surface area contributed by atoms with Gasteiger partial charge in [-0.05, 0) is 30.5 Å². The van der Waals surface area contributed by atoms with Gasteiger partial charge in [-0.2, -0.15) is 0 Å². The molecule has 0 radical (unpaired) electrons. The molecule has 1 fully saturated rings. The van der Waals surface area contributed by atoms with Crippen molar-refractivity contribution in [1.29, 1.82) is 0 Å². The van der Waals surface area contributed by atoms with E-state index < -0.39 is 0 Å². The highest BCUT2D eigenvalue weighted by Gasteiger charge is 2.26. The summed E-state index contributed by atoms with van der Waals surface area (Å²) in [7, 11) is 0. The van der Waals surface area contributed by atoms with E-state index in [0.29, 0.717) is 6.54 Å². The van der Waals surface area contributed by atoms with E-state index in [9.17, 15) is 4.79 Å². The maximum absolute atomic E-state index is 12.7. The zero-order valence-corrected chi connectivity index (χ0v) is 12.3. The fourth-order valence-electron chi connectivity index (χ4n) is 2.88. The van der Waals surface area contributed by atoms with Crippen LogP contribution in [0.3, 0.4) is 0 Å². The lowest BCUT2D eigenvalue weighted by Gasteiger charge is -2.18. The molecule has 3 heteroatoms. The number of carbonyl (C=O) groups is 1.